The standard InChI is InChI=1S/C18H24FNO/c19-16-9-7-15(8-10-16)18(21)6-3-12-20-13-11-14-4-1-2-5-17(14)20/h7-10,14,17H,1-6,11-13H2. The molecule has 3 rings (SSSR count). The Morgan fingerprint density at radius 3 is 2.71 bits per heavy atom. The van der Waals surface area contributed by atoms with Crippen LogP contribution in [0.4, 0.5) is 4.39 Å². The van der Waals surface area contributed by atoms with E-state index in [0.29, 0.717) is 12.0 Å². The Bertz CT molecular complexity index is 484. The van der Waals surface area contributed by atoms with Gasteiger partial charge in [0.15, 0.2) is 5.78 Å². The first-order valence-electron chi connectivity index (χ1n) is 8.27. The summed E-state index contributed by atoms with van der Waals surface area (Å²) in [7, 11) is 0. The van der Waals surface area contributed by atoms with Gasteiger partial charge in [-0.05, 0) is 69.0 Å². The van der Waals surface area contributed by atoms with Gasteiger partial charge in [0.2, 0.25) is 0 Å². The van der Waals surface area contributed by atoms with E-state index in [1.165, 1.54) is 50.8 Å². The number of ketones is 1. The lowest BCUT2D eigenvalue weighted by Gasteiger charge is -2.31. The van der Waals surface area contributed by atoms with Crippen LogP contribution in [0.3, 0.4) is 0 Å². The molecule has 0 bridgehead atoms. The van der Waals surface area contributed by atoms with Crippen LogP contribution in [-0.4, -0.2) is 29.8 Å². The molecule has 114 valence electrons. The van der Waals surface area contributed by atoms with Crippen LogP contribution in [0.5, 0.6) is 0 Å². The summed E-state index contributed by atoms with van der Waals surface area (Å²) in [5.74, 6) is 0.757. The highest BCUT2D eigenvalue weighted by molar-refractivity contribution is 5.95. The van der Waals surface area contributed by atoms with Crippen LogP contribution in [0.25, 0.3) is 0 Å². The second-order valence-corrected chi connectivity index (χ2v) is 6.47. The van der Waals surface area contributed by atoms with Crippen molar-refractivity contribution >= 4 is 5.78 Å². The van der Waals surface area contributed by atoms with Crippen molar-refractivity contribution in [2.24, 2.45) is 5.92 Å². The maximum Gasteiger partial charge on any atom is 0.162 e. The normalized spacial score (nSPS) is 25.8. The number of likely N-dealkylation sites (tertiary alicyclic amines) is 1. The fraction of sp³-hybridized carbons (Fsp3) is 0.611. The third-order valence-electron chi connectivity index (χ3n) is 5.14. The summed E-state index contributed by atoms with van der Waals surface area (Å²) in [4.78, 5) is 14.7. The van der Waals surface area contributed by atoms with E-state index >= 15 is 0 Å². The molecule has 21 heavy (non-hydrogen) atoms. The highest BCUT2D eigenvalue weighted by Gasteiger charge is 2.34. The number of nitrogens with zero attached hydrogens (tertiary/aromatic N) is 1. The molecule has 0 spiro atoms. The minimum atomic E-state index is -0.285. The van der Waals surface area contributed by atoms with Crippen molar-refractivity contribution in [2.75, 3.05) is 13.1 Å². The maximum absolute atomic E-state index is 12.8. The van der Waals surface area contributed by atoms with E-state index in [0.717, 1.165) is 24.9 Å². The molecule has 2 unspecified atom stereocenters. The van der Waals surface area contributed by atoms with E-state index in [2.05, 4.69) is 4.90 Å². The van der Waals surface area contributed by atoms with E-state index in [1.807, 2.05) is 0 Å². The number of carbonyl (C=O) groups excluding carboxylic acids is 1. The van der Waals surface area contributed by atoms with Gasteiger partial charge in [0.1, 0.15) is 5.82 Å². The second kappa shape index (κ2) is 6.69. The zero-order valence-corrected chi connectivity index (χ0v) is 12.6. The van der Waals surface area contributed by atoms with Crippen molar-refractivity contribution in [1.82, 2.24) is 4.90 Å². The lowest BCUT2D eigenvalue weighted by atomic mass is 9.85. The summed E-state index contributed by atoms with van der Waals surface area (Å²) in [5.41, 5.74) is 0.633. The Kier molecular flexibility index (Phi) is 4.69. The molecule has 2 fully saturated rings. The van der Waals surface area contributed by atoms with Gasteiger partial charge in [-0.2, -0.15) is 0 Å². The molecular formula is C18H24FNO. The predicted molar refractivity (Wildman–Crippen MR) is 81.9 cm³/mol. The minimum Gasteiger partial charge on any atom is -0.300 e. The van der Waals surface area contributed by atoms with Crippen molar-refractivity contribution in [1.29, 1.82) is 0 Å². The van der Waals surface area contributed by atoms with E-state index in [4.69, 9.17) is 0 Å². The molecule has 0 amide bonds. The minimum absolute atomic E-state index is 0.134. The van der Waals surface area contributed by atoms with Gasteiger partial charge >= 0.3 is 0 Å². The van der Waals surface area contributed by atoms with Gasteiger partial charge in [-0.15, -0.1) is 0 Å². The molecule has 2 atom stereocenters. The molecule has 0 radical (unpaired) electrons. The van der Waals surface area contributed by atoms with Crippen LogP contribution in [-0.2, 0) is 0 Å². The Labute approximate surface area is 126 Å². The molecule has 1 saturated carbocycles. The van der Waals surface area contributed by atoms with E-state index < -0.39 is 0 Å². The maximum atomic E-state index is 12.8. The van der Waals surface area contributed by atoms with Gasteiger partial charge < -0.3 is 4.90 Å². The Hall–Kier alpha value is -1.22. The lowest BCUT2D eigenvalue weighted by Crippen LogP contribution is -2.35. The van der Waals surface area contributed by atoms with Crippen LogP contribution in [0.1, 0.15) is 55.3 Å². The molecule has 2 nitrogen and oxygen atoms in total. The Morgan fingerprint density at radius 1 is 1.14 bits per heavy atom. The van der Waals surface area contributed by atoms with Crippen LogP contribution < -0.4 is 0 Å². The lowest BCUT2D eigenvalue weighted by molar-refractivity contribution is 0.0970. The highest BCUT2D eigenvalue weighted by Crippen LogP contribution is 2.36. The molecule has 0 aromatic heterocycles. The van der Waals surface area contributed by atoms with Crippen molar-refractivity contribution in [3.8, 4) is 0 Å². The van der Waals surface area contributed by atoms with Crippen LogP contribution in [0, 0.1) is 11.7 Å². The van der Waals surface area contributed by atoms with Crippen LogP contribution in [0.15, 0.2) is 24.3 Å². The Balaban J connectivity index is 1.45. The molecule has 2 aliphatic rings. The number of benzene rings is 1. The summed E-state index contributed by atoms with van der Waals surface area (Å²) >= 11 is 0. The number of carbonyl (C=O) groups is 1. The number of halogens is 1. The van der Waals surface area contributed by atoms with Gasteiger partial charge in [0, 0.05) is 18.0 Å². The van der Waals surface area contributed by atoms with E-state index in [-0.39, 0.29) is 11.6 Å². The van der Waals surface area contributed by atoms with Crippen molar-refractivity contribution in [2.45, 2.75) is 51.0 Å². The quantitative estimate of drug-likeness (QED) is 0.762. The first-order valence-corrected chi connectivity index (χ1v) is 8.27. The molecule has 1 aliphatic heterocycles. The summed E-state index contributed by atoms with van der Waals surface area (Å²) in [6.07, 6.45) is 8.34. The SMILES string of the molecule is O=C(CCCN1CCC2CCCCC21)c1ccc(F)cc1. The molecule has 3 heteroatoms. The molecule has 1 aromatic carbocycles. The first kappa shape index (κ1) is 14.7. The third kappa shape index (κ3) is 3.52. The van der Waals surface area contributed by atoms with Crippen molar-refractivity contribution in [3.05, 3.63) is 35.6 Å². The fourth-order valence-electron chi connectivity index (χ4n) is 4.00. The summed E-state index contributed by atoms with van der Waals surface area (Å²) < 4.78 is 12.8. The summed E-state index contributed by atoms with van der Waals surface area (Å²) in [6.45, 7) is 2.24. The molecule has 1 aliphatic carbocycles. The predicted octanol–water partition coefficient (Wildman–Crippen LogP) is 4.05. The number of Topliss-reactive ketones (excluding diaryl/α,β-unsaturated/α-hetero) is 1. The molecule has 1 heterocycles. The first-order chi connectivity index (χ1) is 10.2. The number of hydrogen-bond acceptors (Lipinski definition) is 2. The second-order valence-electron chi connectivity index (χ2n) is 6.47. The zero-order chi connectivity index (χ0) is 14.7. The van der Waals surface area contributed by atoms with Crippen molar-refractivity contribution in [3.63, 3.8) is 0 Å². The smallest absolute Gasteiger partial charge is 0.162 e. The number of rotatable bonds is 5. The van der Waals surface area contributed by atoms with Crippen molar-refractivity contribution < 1.29 is 9.18 Å². The number of hydrogen-bond donors (Lipinski definition) is 0. The average Bonchev–Trinajstić information content (AvgIpc) is 2.91. The number of fused-ring (bicyclic) bond motifs is 1. The molecule has 0 N–H and O–H groups in total. The molecular weight excluding hydrogens is 265 g/mol. The topological polar surface area (TPSA) is 20.3 Å². The summed E-state index contributed by atoms with van der Waals surface area (Å²) in [6, 6.07) is 6.68. The van der Waals surface area contributed by atoms with Gasteiger partial charge in [0.05, 0.1) is 0 Å². The zero-order valence-electron chi connectivity index (χ0n) is 12.6. The molecule has 1 saturated heterocycles. The van der Waals surface area contributed by atoms with Gasteiger partial charge in [-0.25, -0.2) is 4.39 Å². The third-order valence-corrected chi connectivity index (χ3v) is 5.14. The van der Waals surface area contributed by atoms with Gasteiger partial charge in [-0.1, -0.05) is 12.8 Å². The van der Waals surface area contributed by atoms with Gasteiger partial charge in [0.25, 0.3) is 0 Å². The Morgan fingerprint density at radius 2 is 1.90 bits per heavy atom. The summed E-state index contributed by atoms with van der Waals surface area (Å²) in [5, 5.41) is 0. The largest absolute Gasteiger partial charge is 0.300 e. The monoisotopic (exact) mass is 289 g/mol. The van der Waals surface area contributed by atoms with Crippen LogP contribution >= 0.6 is 0 Å². The fourth-order valence-corrected chi connectivity index (χ4v) is 4.00. The van der Waals surface area contributed by atoms with E-state index in [9.17, 15) is 9.18 Å². The average molecular weight is 289 g/mol. The molecule has 1 aromatic rings. The van der Waals surface area contributed by atoms with E-state index in [1.54, 1.807) is 12.1 Å². The van der Waals surface area contributed by atoms with Crippen LogP contribution in [0.2, 0.25) is 0 Å². The highest BCUT2D eigenvalue weighted by atomic mass is 19.1. The van der Waals surface area contributed by atoms with Gasteiger partial charge in [-0.3, -0.25) is 4.79 Å².